The van der Waals surface area contributed by atoms with Gasteiger partial charge in [-0.05, 0) is 22.4 Å². The van der Waals surface area contributed by atoms with Gasteiger partial charge in [-0.25, -0.2) is 0 Å². The summed E-state index contributed by atoms with van der Waals surface area (Å²) in [6, 6.07) is 2.13. The van der Waals surface area contributed by atoms with Crippen molar-refractivity contribution < 1.29 is 10.2 Å². The lowest BCUT2D eigenvalue weighted by molar-refractivity contribution is 0.152. The zero-order valence-corrected chi connectivity index (χ0v) is 9.49. The molecule has 0 unspecified atom stereocenters. The first-order chi connectivity index (χ1) is 7.33. The van der Waals surface area contributed by atoms with E-state index in [4.69, 9.17) is 0 Å². The average Bonchev–Trinajstić information content (AvgIpc) is 2.87. The molecule has 0 spiro atoms. The molecule has 4 heteroatoms. The smallest absolute Gasteiger partial charge is 0.0475 e. The minimum absolute atomic E-state index is 0.186. The van der Waals surface area contributed by atoms with Crippen LogP contribution in [0, 0.1) is 11.8 Å². The fraction of sp³-hybridized carbons (Fsp3) is 0.636. The van der Waals surface area contributed by atoms with Gasteiger partial charge in [0.05, 0.1) is 0 Å². The maximum atomic E-state index is 9.18. The Morgan fingerprint density at radius 1 is 1.27 bits per heavy atom. The first kappa shape index (κ1) is 11.1. The van der Waals surface area contributed by atoms with Crippen LogP contribution in [0.3, 0.4) is 0 Å². The molecule has 1 aliphatic heterocycles. The van der Waals surface area contributed by atoms with Gasteiger partial charge >= 0.3 is 0 Å². The van der Waals surface area contributed by atoms with Gasteiger partial charge in [0.25, 0.3) is 0 Å². The Labute approximate surface area is 94.0 Å². The zero-order valence-electron chi connectivity index (χ0n) is 8.67. The van der Waals surface area contributed by atoms with Crippen LogP contribution in [-0.2, 0) is 6.54 Å². The van der Waals surface area contributed by atoms with Gasteiger partial charge in [-0.2, -0.15) is 11.3 Å². The molecule has 2 heterocycles. The molecule has 1 fully saturated rings. The highest BCUT2D eigenvalue weighted by molar-refractivity contribution is 7.07. The average molecular weight is 227 g/mol. The summed E-state index contributed by atoms with van der Waals surface area (Å²) in [6.07, 6.45) is 0. The number of thiophene rings is 1. The van der Waals surface area contributed by atoms with Crippen LogP contribution in [0.4, 0.5) is 0 Å². The van der Waals surface area contributed by atoms with Gasteiger partial charge < -0.3 is 10.2 Å². The normalized spacial score (nSPS) is 27.3. The number of likely N-dealkylation sites (tertiary alicyclic amines) is 1. The van der Waals surface area contributed by atoms with E-state index in [1.165, 1.54) is 5.56 Å². The van der Waals surface area contributed by atoms with Crippen LogP contribution in [0.2, 0.25) is 0 Å². The Hall–Kier alpha value is -0.420. The molecule has 0 amide bonds. The molecule has 2 rings (SSSR count). The summed E-state index contributed by atoms with van der Waals surface area (Å²) in [5, 5.41) is 22.6. The Kier molecular flexibility index (Phi) is 3.75. The third-order valence-electron chi connectivity index (χ3n) is 3.11. The molecule has 84 valence electrons. The molecule has 0 radical (unpaired) electrons. The number of hydrogen-bond donors (Lipinski definition) is 2. The fourth-order valence-corrected chi connectivity index (χ4v) is 2.88. The maximum absolute atomic E-state index is 9.18. The van der Waals surface area contributed by atoms with Gasteiger partial charge in [0.15, 0.2) is 0 Å². The van der Waals surface area contributed by atoms with Crippen molar-refractivity contribution in [2.24, 2.45) is 11.8 Å². The molecule has 1 aliphatic rings. The molecule has 0 bridgehead atoms. The summed E-state index contributed by atoms with van der Waals surface area (Å²) in [4.78, 5) is 2.31. The van der Waals surface area contributed by atoms with Crippen LogP contribution in [0.5, 0.6) is 0 Å². The molecule has 0 aliphatic carbocycles. The van der Waals surface area contributed by atoms with Gasteiger partial charge in [-0.15, -0.1) is 0 Å². The second-order valence-electron chi connectivity index (χ2n) is 4.21. The van der Waals surface area contributed by atoms with Crippen molar-refractivity contribution >= 4 is 11.3 Å². The Balaban J connectivity index is 1.91. The summed E-state index contributed by atoms with van der Waals surface area (Å²) >= 11 is 1.71. The lowest BCUT2D eigenvalue weighted by atomic mass is 9.98. The topological polar surface area (TPSA) is 43.7 Å². The second-order valence-corrected chi connectivity index (χ2v) is 4.99. The van der Waals surface area contributed by atoms with Crippen molar-refractivity contribution in [2.75, 3.05) is 26.3 Å². The third-order valence-corrected chi connectivity index (χ3v) is 3.84. The molecule has 3 nitrogen and oxygen atoms in total. The number of aliphatic hydroxyl groups is 2. The molecule has 0 saturated carbocycles. The highest BCUT2D eigenvalue weighted by Crippen LogP contribution is 2.24. The van der Waals surface area contributed by atoms with Crippen LogP contribution >= 0.6 is 11.3 Å². The number of nitrogens with zero attached hydrogens (tertiary/aromatic N) is 1. The first-order valence-electron chi connectivity index (χ1n) is 5.28. The van der Waals surface area contributed by atoms with Gasteiger partial charge in [0, 0.05) is 44.7 Å². The van der Waals surface area contributed by atoms with Crippen molar-refractivity contribution in [3.63, 3.8) is 0 Å². The van der Waals surface area contributed by atoms with E-state index in [1.54, 1.807) is 11.3 Å². The summed E-state index contributed by atoms with van der Waals surface area (Å²) in [5.41, 5.74) is 1.33. The summed E-state index contributed by atoms with van der Waals surface area (Å²) in [6.45, 7) is 3.11. The maximum Gasteiger partial charge on any atom is 0.0475 e. The molecule has 2 N–H and O–H groups in total. The lowest BCUT2D eigenvalue weighted by Gasteiger charge is -2.14. The van der Waals surface area contributed by atoms with E-state index < -0.39 is 0 Å². The standard InChI is InChI=1S/C11H17NO2S/c13-6-10-4-12(5-11(10)7-14)3-9-1-2-15-8-9/h1-2,8,10-11,13-14H,3-7H2/t10-,11-/m0/s1. The molecule has 0 aromatic carbocycles. The van der Waals surface area contributed by atoms with E-state index in [0.29, 0.717) is 0 Å². The fourth-order valence-electron chi connectivity index (χ4n) is 2.22. The van der Waals surface area contributed by atoms with Crippen molar-refractivity contribution in [1.29, 1.82) is 0 Å². The molecule has 15 heavy (non-hydrogen) atoms. The van der Waals surface area contributed by atoms with E-state index in [0.717, 1.165) is 19.6 Å². The van der Waals surface area contributed by atoms with E-state index in [9.17, 15) is 10.2 Å². The van der Waals surface area contributed by atoms with Crippen molar-refractivity contribution in [3.8, 4) is 0 Å². The van der Waals surface area contributed by atoms with E-state index in [-0.39, 0.29) is 25.0 Å². The number of aliphatic hydroxyl groups excluding tert-OH is 2. The Morgan fingerprint density at radius 3 is 2.40 bits per heavy atom. The predicted molar refractivity (Wildman–Crippen MR) is 60.7 cm³/mol. The highest BCUT2D eigenvalue weighted by atomic mass is 32.1. The number of rotatable bonds is 4. The highest BCUT2D eigenvalue weighted by Gasteiger charge is 2.31. The van der Waals surface area contributed by atoms with Gasteiger partial charge in [-0.1, -0.05) is 0 Å². The van der Waals surface area contributed by atoms with Crippen LogP contribution in [0.15, 0.2) is 16.8 Å². The third kappa shape index (κ3) is 2.58. The molecule has 1 aromatic heterocycles. The molecular weight excluding hydrogens is 210 g/mol. The predicted octanol–water partition coefficient (Wildman–Crippen LogP) is 0.781. The Morgan fingerprint density at radius 2 is 1.93 bits per heavy atom. The van der Waals surface area contributed by atoms with Crippen LogP contribution < -0.4 is 0 Å². The van der Waals surface area contributed by atoms with Gasteiger partial charge in [-0.3, -0.25) is 4.90 Å². The van der Waals surface area contributed by atoms with Crippen LogP contribution in [0.1, 0.15) is 5.56 Å². The molecular formula is C11H17NO2S. The first-order valence-corrected chi connectivity index (χ1v) is 6.23. The van der Waals surface area contributed by atoms with Gasteiger partial charge in [0.1, 0.15) is 0 Å². The summed E-state index contributed by atoms with van der Waals surface area (Å²) in [5.74, 6) is 0.488. The van der Waals surface area contributed by atoms with E-state index in [1.807, 2.05) is 0 Å². The molecule has 1 aromatic rings. The van der Waals surface area contributed by atoms with Crippen molar-refractivity contribution in [3.05, 3.63) is 22.4 Å². The quantitative estimate of drug-likeness (QED) is 0.799. The Bertz CT molecular complexity index is 277. The van der Waals surface area contributed by atoms with E-state index in [2.05, 4.69) is 21.7 Å². The monoisotopic (exact) mass is 227 g/mol. The summed E-state index contributed by atoms with van der Waals surface area (Å²) in [7, 11) is 0. The minimum atomic E-state index is 0.186. The minimum Gasteiger partial charge on any atom is -0.396 e. The van der Waals surface area contributed by atoms with Gasteiger partial charge in [0.2, 0.25) is 0 Å². The van der Waals surface area contributed by atoms with Crippen LogP contribution in [0.25, 0.3) is 0 Å². The zero-order chi connectivity index (χ0) is 10.7. The van der Waals surface area contributed by atoms with Crippen LogP contribution in [-0.4, -0.2) is 41.4 Å². The largest absolute Gasteiger partial charge is 0.396 e. The summed E-state index contributed by atoms with van der Waals surface area (Å²) < 4.78 is 0. The lowest BCUT2D eigenvalue weighted by Crippen LogP contribution is -2.20. The second kappa shape index (κ2) is 5.07. The van der Waals surface area contributed by atoms with E-state index >= 15 is 0 Å². The molecule has 2 atom stereocenters. The van der Waals surface area contributed by atoms with Crippen molar-refractivity contribution in [1.82, 2.24) is 4.90 Å². The SMILES string of the molecule is OC[C@@H]1CN(Cc2ccsc2)C[C@H]1CO. The molecule has 1 saturated heterocycles. The van der Waals surface area contributed by atoms with Crippen molar-refractivity contribution in [2.45, 2.75) is 6.54 Å². The number of hydrogen-bond acceptors (Lipinski definition) is 4.